The number of nitrogens with zero attached hydrogens (tertiary/aromatic N) is 4. The number of rotatable bonds is 6. The minimum Gasteiger partial charge on any atom is -0.369 e. The summed E-state index contributed by atoms with van der Waals surface area (Å²) < 4.78 is 46.1. The van der Waals surface area contributed by atoms with Gasteiger partial charge in [-0.2, -0.15) is 4.31 Å². The van der Waals surface area contributed by atoms with Crippen LogP contribution in [0.25, 0.3) is 0 Å². The van der Waals surface area contributed by atoms with E-state index in [2.05, 4.69) is 10.2 Å². The molecule has 1 aromatic heterocycles. The smallest absolute Gasteiger partial charge is 0.228 e. The van der Waals surface area contributed by atoms with Gasteiger partial charge in [0, 0.05) is 24.2 Å². The summed E-state index contributed by atoms with van der Waals surface area (Å²) in [5.41, 5.74) is 5.78. The van der Waals surface area contributed by atoms with Crippen LogP contribution in [0.1, 0.15) is 69.0 Å². The number of aromatic nitrogens is 3. The van der Waals surface area contributed by atoms with E-state index in [0.29, 0.717) is 49.7 Å². The van der Waals surface area contributed by atoms with Crippen molar-refractivity contribution in [3.63, 3.8) is 0 Å². The predicted octanol–water partition coefficient (Wildman–Crippen LogP) is 3.77. The van der Waals surface area contributed by atoms with Crippen molar-refractivity contribution in [3.05, 3.63) is 72.1 Å². The maximum absolute atomic E-state index is 15.5. The molecule has 3 atom stereocenters. The Morgan fingerprint density at radius 1 is 1.14 bits per heavy atom. The zero-order valence-electron chi connectivity index (χ0n) is 21.0. The standard InChI is InChI=1S/C27H34FN5O3S/c1-19-7-10-25(20-5-3-2-4-6-20)37(35,36)33(19)16-21-8-9-22(15-24(21)28)27(26(29)34)13-11-23(12-14-27)32-17-30-31-18-32/h2-5,8-9,15,17-20,23,25H,6-7,10-14,16H2,1H3,(H2,29,34)/t19-,20?,23?,25+,27?/m0/s1. The lowest BCUT2D eigenvalue weighted by molar-refractivity contribution is -0.125. The Kier molecular flexibility index (Phi) is 7.06. The van der Waals surface area contributed by atoms with Gasteiger partial charge >= 0.3 is 0 Å². The van der Waals surface area contributed by atoms with Crippen LogP contribution in [0, 0.1) is 11.7 Å². The Labute approximate surface area is 217 Å². The fourth-order valence-corrected chi connectivity index (χ4v) is 8.64. The largest absolute Gasteiger partial charge is 0.369 e. The maximum Gasteiger partial charge on any atom is 0.228 e. The average Bonchev–Trinajstić information content (AvgIpc) is 3.43. The number of carbonyl (C=O) groups is 1. The lowest BCUT2D eigenvalue weighted by Gasteiger charge is -2.40. The van der Waals surface area contributed by atoms with Gasteiger partial charge in [-0.1, -0.05) is 36.4 Å². The second-order valence-corrected chi connectivity index (χ2v) is 12.8. The Bertz CT molecular complexity index is 1300. The topological polar surface area (TPSA) is 111 Å². The molecule has 1 aliphatic heterocycles. The SMILES string of the molecule is C[C@H]1CC[C@H](C2C=CC=CC2)S(=O)(=O)N1Cc1ccc(C2(C(N)=O)CCC(n3cnnc3)CC2)cc1F. The Balaban J connectivity index is 1.36. The van der Waals surface area contributed by atoms with Crippen LogP contribution < -0.4 is 5.73 Å². The summed E-state index contributed by atoms with van der Waals surface area (Å²) in [6, 6.07) is 4.70. The van der Waals surface area contributed by atoms with Gasteiger partial charge in [-0.25, -0.2) is 12.8 Å². The van der Waals surface area contributed by atoms with Crippen LogP contribution in [0.2, 0.25) is 0 Å². The summed E-state index contributed by atoms with van der Waals surface area (Å²) in [6.45, 7) is 1.85. The molecule has 10 heteroatoms. The van der Waals surface area contributed by atoms with E-state index in [1.54, 1.807) is 24.8 Å². The van der Waals surface area contributed by atoms with Gasteiger partial charge in [0.2, 0.25) is 15.9 Å². The molecule has 1 aromatic carbocycles. The molecule has 37 heavy (non-hydrogen) atoms. The third kappa shape index (κ3) is 4.77. The second kappa shape index (κ2) is 10.1. The number of primary amides is 1. The van der Waals surface area contributed by atoms with Crippen molar-refractivity contribution in [2.24, 2.45) is 11.7 Å². The van der Waals surface area contributed by atoms with Crippen LogP contribution in [0.15, 0.2) is 55.2 Å². The first-order valence-corrected chi connectivity index (χ1v) is 14.5. The minimum absolute atomic E-state index is 0.0301. The van der Waals surface area contributed by atoms with Gasteiger partial charge < -0.3 is 10.3 Å². The molecule has 8 nitrogen and oxygen atoms in total. The first kappa shape index (κ1) is 25.8. The number of hydrogen-bond donors (Lipinski definition) is 1. The summed E-state index contributed by atoms with van der Waals surface area (Å²) in [6.07, 6.45) is 15.5. The molecule has 198 valence electrons. The number of halogens is 1. The number of benzene rings is 1. The summed E-state index contributed by atoms with van der Waals surface area (Å²) >= 11 is 0. The summed E-state index contributed by atoms with van der Waals surface area (Å²) in [4.78, 5) is 12.7. The molecule has 2 aromatic rings. The van der Waals surface area contributed by atoms with Gasteiger partial charge in [-0.15, -0.1) is 10.2 Å². The first-order chi connectivity index (χ1) is 17.7. The third-order valence-corrected chi connectivity index (χ3v) is 11.1. The van der Waals surface area contributed by atoms with E-state index in [1.807, 2.05) is 35.8 Å². The molecule has 5 rings (SSSR count). The third-order valence-electron chi connectivity index (χ3n) is 8.63. The zero-order valence-corrected chi connectivity index (χ0v) is 21.9. The summed E-state index contributed by atoms with van der Waals surface area (Å²) in [5.74, 6) is -1.04. The van der Waals surface area contributed by atoms with Crippen molar-refractivity contribution in [1.29, 1.82) is 0 Å². The van der Waals surface area contributed by atoms with Crippen LogP contribution in [-0.2, 0) is 26.8 Å². The highest BCUT2D eigenvalue weighted by molar-refractivity contribution is 7.89. The van der Waals surface area contributed by atoms with E-state index in [1.165, 1.54) is 10.4 Å². The number of sulfonamides is 1. The van der Waals surface area contributed by atoms with Crippen molar-refractivity contribution in [2.75, 3.05) is 0 Å². The predicted molar refractivity (Wildman–Crippen MR) is 138 cm³/mol. The molecule has 0 spiro atoms. The highest BCUT2D eigenvalue weighted by Crippen LogP contribution is 2.44. The molecule has 1 unspecified atom stereocenters. The van der Waals surface area contributed by atoms with E-state index in [-0.39, 0.29) is 24.5 Å². The fourth-order valence-electron chi connectivity index (χ4n) is 6.29. The Hall–Kier alpha value is -2.85. The zero-order chi connectivity index (χ0) is 26.2. The molecule has 2 N–H and O–H groups in total. The van der Waals surface area contributed by atoms with Crippen molar-refractivity contribution >= 4 is 15.9 Å². The molecular formula is C27H34FN5O3S. The van der Waals surface area contributed by atoms with E-state index < -0.39 is 32.4 Å². The fraction of sp³-hybridized carbons (Fsp3) is 0.519. The molecular weight excluding hydrogens is 493 g/mol. The van der Waals surface area contributed by atoms with Crippen LogP contribution in [0.4, 0.5) is 4.39 Å². The maximum atomic E-state index is 15.5. The molecule has 1 saturated carbocycles. The van der Waals surface area contributed by atoms with Crippen LogP contribution in [0.3, 0.4) is 0 Å². The van der Waals surface area contributed by atoms with Crippen LogP contribution in [0.5, 0.6) is 0 Å². The van der Waals surface area contributed by atoms with E-state index in [9.17, 15) is 13.2 Å². The first-order valence-electron chi connectivity index (χ1n) is 13.0. The van der Waals surface area contributed by atoms with Crippen molar-refractivity contribution in [1.82, 2.24) is 19.1 Å². The Morgan fingerprint density at radius 3 is 2.49 bits per heavy atom. The van der Waals surface area contributed by atoms with Gasteiger partial charge in [-0.3, -0.25) is 4.79 Å². The van der Waals surface area contributed by atoms with Gasteiger partial charge in [0.05, 0.1) is 10.7 Å². The quantitative estimate of drug-likeness (QED) is 0.615. The minimum atomic E-state index is -3.62. The van der Waals surface area contributed by atoms with Gasteiger partial charge in [-0.05, 0) is 69.4 Å². The molecule has 0 bridgehead atoms. The molecule has 2 heterocycles. The average molecular weight is 528 g/mol. The molecule has 1 amide bonds. The lowest BCUT2D eigenvalue weighted by Crippen LogP contribution is -2.50. The number of hydrogen-bond acceptors (Lipinski definition) is 5. The second-order valence-electron chi connectivity index (χ2n) is 10.7. The highest BCUT2D eigenvalue weighted by Gasteiger charge is 2.44. The monoisotopic (exact) mass is 527 g/mol. The summed E-state index contributed by atoms with van der Waals surface area (Å²) in [7, 11) is -3.62. The van der Waals surface area contributed by atoms with Crippen molar-refractivity contribution in [2.45, 2.75) is 81.2 Å². The van der Waals surface area contributed by atoms with Crippen LogP contribution >= 0.6 is 0 Å². The van der Waals surface area contributed by atoms with Crippen molar-refractivity contribution in [3.8, 4) is 0 Å². The van der Waals surface area contributed by atoms with E-state index in [0.717, 1.165) is 6.42 Å². The van der Waals surface area contributed by atoms with Crippen LogP contribution in [-0.4, -0.2) is 44.7 Å². The lowest BCUT2D eigenvalue weighted by atomic mass is 9.67. The summed E-state index contributed by atoms with van der Waals surface area (Å²) in [5, 5.41) is 7.21. The Morgan fingerprint density at radius 2 is 1.86 bits per heavy atom. The number of amides is 1. The van der Waals surface area contributed by atoms with Gasteiger partial charge in [0.15, 0.2) is 0 Å². The molecule has 3 aliphatic rings. The number of carbonyl (C=O) groups excluding carboxylic acids is 1. The van der Waals surface area contributed by atoms with E-state index >= 15 is 4.39 Å². The van der Waals surface area contributed by atoms with Gasteiger partial charge in [0.25, 0.3) is 0 Å². The molecule has 2 aliphatic carbocycles. The normalized spacial score (nSPS) is 31.8. The molecule has 1 saturated heterocycles. The highest BCUT2D eigenvalue weighted by atomic mass is 32.2. The number of nitrogens with two attached hydrogens (primary N) is 1. The molecule has 0 radical (unpaired) electrons. The van der Waals surface area contributed by atoms with Gasteiger partial charge in [0.1, 0.15) is 18.5 Å². The van der Waals surface area contributed by atoms with E-state index in [4.69, 9.17) is 5.73 Å². The number of allylic oxidation sites excluding steroid dienone is 4. The molecule has 2 fully saturated rings. The van der Waals surface area contributed by atoms with Crippen molar-refractivity contribution < 1.29 is 17.6 Å².